The first-order chi connectivity index (χ1) is 10.2. The fourth-order valence-electron chi connectivity index (χ4n) is 2.62. The molecule has 0 radical (unpaired) electrons. The van der Waals surface area contributed by atoms with Crippen LogP contribution in [0.2, 0.25) is 0 Å². The van der Waals surface area contributed by atoms with Crippen LogP contribution in [0.1, 0.15) is 30.3 Å². The van der Waals surface area contributed by atoms with Crippen LogP contribution in [0, 0.1) is 10.1 Å². The number of nitro groups is 1. The van der Waals surface area contributed by atoms with E-state index < -0.39 is 0 Å². The van der Waals surface area contributed by atoms with E-state index in [0.717, 1.165) is 36.3 Å². The molecule has 3 rings (SSSR count). The second-order valence-electron chi connectivity index (χ2n) is 5.05. The molecule has 0 amide bonds. The van der Waals surface area contributed by atoms with Gasteiger partial charge in [0.2, 0.25) is 0 Å². The van der Waals surface area contributed by atoms with E-state index in [1.807, 2.05) is 0 Å². The van der Waals surface area contributed by atoms with Gasteiger partial charge in [-0.25, -0.2) is 9.97 Å². The van der Waals surface area contributed by atoms with E-state index in [0.29, 0.717) is 17.9 Å². The van der Waals surface area contributed by atoms with Crippen molar-refractivity contribution in [1.29, 1.82) is 0 Å². The van der Waals surface area contributed by atoms with Crippen LogP contribution in [0.4, 0.5) is 5.69 Å². The van der Waals surface area contributed by atoms with Gasteiger partial charge in [0.1, 0.15) is 0 Å². The summed E-state index contributed by atoms with van der Waals surface area (Å²) in [5, 5.41) is 14.4. The Balaban J connectivity index is 2.16. The van der Waals surface area contributed by atoms with E-state index in [2.05, 4.69) is 22.2 Å². The molecule has 1 N–H and O–H groups in total. The van der Waals surface area contributed by atoms with Crippen molar-refractivity contribution in [2.24, 2.45) is 0 Å². The predicted octanol–water partition coefficient (Wildman–Crippen LogP) is 2.61. The molecule has 0 spiro atoms. The highest BCUT2D eigenvalue weighted by Gasteiger charge is 2.22. The van der Waals surface area contributed by atoms with E-state index in [1.54, 1.807) is 18.2 Å². The average Bonchev–Trinajstić information content (AvgIpc) is 2.96. The van der Waals surface area contributed by atoms with Crippen LogP contribution in [0.3, 0.4) is 0 Å². The molecule has 2 heterocycles. The number of para-hydroxylation sites is 1. The third-order valence-electron chi connectivity index (χ3n) is 3.60. The van der Waals surface area contributed by atoms with Gasteiger partial charge in [0.05, 0.1) is 16.2 Å². The standard InChI is InChI=1S/C15H16N4O2/c1-2-5-12-11-8-16-9-13(11)18-15(17-12)10-6-3-4-7-14(10)19(20)21/h3-4,6-7,16H,2,5,8-9H2,1H3. The molecule has 1 aliphatic rings. The van der Waals surface area contributed by atoms with Crippen molar-refractivity contribution >= 4 is 5.69 Å². The van der Waals surface area contributed by atoms with Gasteiger partial charge in [-0.3, -0.25) is 10.1 Å². The highest BCUT2D eigenvalue weighted by atomic mass is 16.6. The van der Waals surface area contributed by atoms with Crippen LogP contribution in [0.5, 0.6) is 0 Å². The van der Waals surface area contributed by atoms with Gasteiger partial charge in [0.15, 0.2) is 5.82 Å². The Morgan fingerprint density at radius 3 is 2.86 bits per heavy atom. The summed E-state index contributed by atoms with van der Waals surface area (Å²) in [6.45, 7) is 3.57. The van der Waals surface area contributed by atoms with Gasteiger partial charge < -0.3 is 5.32 Å². The van der Waals surface area contributed by atoms with Gasteiger partial charge in [0, 0.05) is 30.4 Å². The van der Waals surface area contributed by atoms with Crippen molar-refractivity contribution < 1.29 is 4.92 Å². The first kappa shape index (κ1) is 13.6. The maximum Gasteiger partial charge on any atom is 0.280 e. The number of nitrogens with one attached hydrogen (secondary N) is 1. The Labute approximate surface area is 122 Å². The van der Waals surface area contributed by atoms with Gasteiger partial charge >= 0.3 is 0 Å². The molecule has 1 aromatic carbocycles. The van der Waals surface area contributed by atoms with E-state index in [-0.39, 0.29) is 10.6 Å². The monoisotopic (exact) mass is 284 g/mol. The average molecular weight is 284 g/mol. The molecule has 1 aliphatic heterocycles. The Bertz CT molecular complexity index is 700. The lowest BCUT2D eigenvalue weighted by molar-refractivity contribution is -0.384. The van der Waals surface area contributed by atoms with E-state index >= 15 is 0 Å². The quantitative estimate of drug-likeness (QED) is 0.689. The zero-order chi connectivity index (χ0) is 14.8. The van der Waals surface area contributed by atoms with E-state index in [1.165, 1.54) is 6.07 Å². The lowest BCUT2D eigenvalue weighted by Gasteiger charge is -2.09. The minimum Gasteiger partial charge on any atom is -0.307 e. The molecule has 0 fully saturated rings. The summed E-state index contributed by atoms with van der Waals surface area (Å²) in [5.41, 5.74) is 3.64. The number of hydrogen-bond donors (Lipinski definition) is 1. The third kappa shape index (κ3) is 2.50. The highest BCUT2D eigenvalue weighted by molar-refractivity contribution is 5.68. The smallest absolute Gasteiger partial charge is 0.280 e. The Kier molecular flexibility index (Phi) is 3.62. The number of nitro benzene ring substituents is 1. The number of fused-ring (bicyclic) bond motifs is 1. The summed E-state index contributed by atoms with van der Waals surface area (Å²) in [7, 11) is 0. The molecule has 6 nitrogen and oxygen atoms in total. The second-order valence-corrected chi connectivity index (χ2v) is 5.05. The van der Waals surface area contributed by atoms with Crippen molar-refractivity contribution in [3.05, 3.63) is 51.3 Å². The molecule has 0 aliphatic carbocycles. The Morgan fingerprint density at radius 1 is 1.29 bits per heavy atom. The highest BCUT2D eigenvalue weighted by Crippen LogP contribution is 2.29. The summed E-state index contributed by atoms with van der Waals surface area (Å²) in [5.74, 6) is 0.452. The number of rotatable bonds is 4. The molecule has 0 saturated heterocycles. The summed E-state index contributed by atoms with van der Waals surface area (Å²) >= 11 is 0. The molecule has 1 aromatic heterocycles. The molecule has 2 aromatic rings. The van der Waals surface area contributed by atoms with Crippen molar-refractivity contribution in [2.75, 3.05) is 0 Å². The number of nitrogens with zero attached hydrogens (tertiary/aromatic N) is 3. The largest absolute Gasteiger partial charge is 0.307 e. The fourth-order valence-corrected chi connectivity index (χ4v) is 2.62. The molecule has 6 heteroatoms. The fraction of sp³-hybridized carbons (Fsp3) is 0.333. The minimum atomic E-state index is -0.385. The maximum atomic E-state index is 11.2. The maximum absolute atomic E-state index is 11.2. The van der Waals surface area contributed by atoms with Gasteiger partial charge in [0.25, 0.3) is 5.69 Å². The topological polar surface area (TPSA) is 81.0 Å². The van der Waals surface area contributed by atoms with Crippen LogP contribution >= 0.6 is 0 Å². The molecule has 0 saturated carbocycles. The Hall–Kier alpha value is -2.34. The summed E-state index contributed by atoms with van der Waals surface area (Å²) < 4.78 is 0. The predicted molar refractivity (Wildman–Crippen MR) is 78.7 cm³/mol. The molecule has 0 bridgehead atoms. The summed E-state index contributed by atoms with van der Waals surface area (Å²) in [6.07, 6.45) is 1.85. The van der Waals surface area contributed by atoms with Crippen LogP contribution < -0.4 is 5.32 Å². The molecular formula is C15H16N4O2. The molecule has 108 valence electrons. The zero-order valence-electron chi connectivity index (χ0n) is 11.8. The number of hydrogen-bond acceptors (Lipinski definition) is 5. The molecular weight excluding hydrogens is 268 g/mol. The van der Waals surface area contributed by atoms with Crippen LogP contribution in [0.25, 0.3) is 11.4 Å². The van der Waals surface area contributed by atoms with Crippen LogP contribution in [0.15, 0.2) is 24.3 Å². The number of aryl methyl sites for hydroxylation is 1. The second kappa shape index (κ2) is 5.57. The van der Waals surface area contributed by atoms with Crippen molar-refractivity contribution in [2.45, 2.75) is 32.9 Å². The van der Waals surface area contributed by atoms with Gasteiger partial charge in [-0.05, 0) is 12.5 Å². The van der Waals surface area contributed by atoms with E-state index in [9.17, 15) is 10.1 Å². The molecule has 0 atom stereocenters. The van der Waals surface area contributed by atoms with Crippen molar-refractivity contribution in [3.63, 3.8) is 0 Å². The lowest BCUT2D eigenvalue weighted by atomic mass is 10.1. The van der Waals surface area contributed by atoms with Crippen molar-refractivity contribution in [3.8, 4) is 11.4 Å². The van der Waals surface area contributed by atoms with E-state index in [4.69, 9.17) is 0 Å². The minimum absolute atomic E-state index is 0.0471. The first-order valence-electron chi connectivity index (χ1n) is 7.04. The normalized spacial score (nSPS) is 13.2. The molecule has 0 unspecified atom stereocenters. The first-order valence-corrected chi connectivity index (χ1v) is 7.04. The molecule has 21 heavy (non-hydrogen) atoms. The van der Waals surface area contributed by atoms with Gasteiger partial charge in [-0.1, -0.05) is 25.5 Å². The van der Waals surface area contributed by atoms with Gasteiger partial charge in [-0.2, -0.15) is 0 Å². The van der Waals surface area contributed by atoms with Crippen LogP contribution in [-0.2, 0) is 19.5 Å². The summed E-state index contributed by atoms with van der Waals surface area (Å²) in [4.78, 5) is 19.9. The SMILES string of the molecule is CCCc1nc(-c2ccccc2[N+](=O)[O-])nc2c1CNC2. The zero-order valence-corrected chi connectivity index (χ0v) is 11.8. The third-order valence-corrected chi connectivity index (χ3v) is 3.60. The summed E-state index contributed by atoms with van der Waals surface area (Å²) in [6, 6.07) is 6.63. The van der Waals surface area contributed by atoms with Crippen molar-refractivity contribution in [1.82, 2.24) is 15.3 Å². The number of benzene rings is 1. The van der Waals surface area contributed by atoms with Crippen LogP contribution in [-0.4, -0.2) is 14.9 Å². The number of aromatic nitrogens is 2. The Morgan fingerprint density at radius 2 is 2.10 bits per heavy atom. The lowest BCUT2D eigenvalue weighted by Crippen LogP contribution is -2.04. The van der Waals surface area contributed by atoms with Gasteiger partial charge in [-0.15, -0.1) is 0 Å².